The highest BCUT2D eigenvalue weighted by molar-refractivity contribution is 5.48. The van der Waals surface area contributed by atoms with E-state index in [1.54, 1.807) is 6.07 Å². The van der Waals surface area contributed by atoms with Crippen LogP contribution < -0.4 is 0 Å². The van der Waals surface area contributed by atoms with Gasteiger partial charge in [-0.05, 0) is 85.0 Å². The fourth-order valence-electron chi connectivity index (χ4n) is 5.59. The van der Waals surface area contributed by atoms with Crippen LogP contribution in [0.1, 0.15) is 62.5 Å². The summed E-state index contributed by atoms with van der Waals surface area (Å²) in [4.78, 5) is 0. The first-order valence-corrected chi connectivity index (χ1v) is 8.13. The monoisotopic (exact) mass is 272 g/mol. The van der Waals surface area contributed by atoms with Gasteiger partial charge in [0.05, 0.1) is 0 Å². The van der Waals surface area contributed by atoms with Crippen LogP contribution in [-0.4, -0.2) is 10.2 Å². The van der Waals surface area contributed by atoms with E-state index in [1.165, 1.54) is 49.7 Å². The van der Waals surface area contributed by atoms with Crippen molar-refractivity contribution >= 4 is 0 Å². The Morgan fingerprint density at radius 1 is 1.05 bits per heavy atom. The van der Waals surface area contributed by atoms with E-state index < -0.39 is 0 Å². The lowest BCUT2D eigenvalue weighted by Crippen LogP contribution is -2.39. The minimum Gasteiger partial charge on any atom is -0.504 e. The molecule has 3 aliphatic rings. The third-order valence-electron chi connectivity index (χ3n) is 6.60. The molecule has 108 valence electrons. The first-order valence-electron chi connectivity index (χ1n) is 8.13. The molecule has 20 heavy (non-hydrogen) atoms. The van der Waals surface area contributed by atoms with Crippen LogP contribution in [0, 0.1) is 17.3 Å². The lowest BCUT2D eigenvalue weighted by Gasteiger charge is -2.49. The molecule has 0 heterocycles. The van der Waals surface area contributed by atoms with Gasteiger partial charge in [0.15, 0.2) is 11.5 Å². The topological polar surface area (TPSA) is 40.5 Å². The summed E-state index contributed by atoms with van der Waals surface area (Å²) < 4.78 is 0. The van der Waals surface area contributed by atoms with Crippen molar-refractivity contribution in [1.82, 2.24) is 0 Å². The van der Waals surface area contributed by atoms with Crippen molar-refractivity contribution < 1.29 is 10.2 Å². The van der Waals surface area contributed by atoms with Crippen LogP contribution in [0.3, 0.4) is 0 Å². The second kappa shape index (κ2) is 4.16. The van der Waals surface area contributed by atoms with E-state index in [4.69, 9.17) is 0 Å². The Hall–Kier alpha value is -1.18. The largest absolute Gasteiger partial charge is 0.504 e. The van der Waals surface area contributed by atoms with Crippen LogP contribution in [0.2, 0.25) is 0 Å². The highest BCUT2D eigenvalue weighted by Gasteiger charge is 2.50. The number of rotatable bonds is 0. The van der Waals surface area contributed by atoms with Gasteiger partial charge in [-0.3, -0.25) is 0 Å². The van der Waals surface area contributed by atoms with Gasteiger partial charge >= 0.3 is 0 Å². The lowest BCUT2D eigenvalue weighted by atomic mass is 9.56. The minimum atomic E-state index is 0.0451. The molecule has 1 aromatic carbocycles. The van der Waals surface area contributed by atoms with Crippen molar-refractivity contribution in [3.05, 3.63) is 23.3 Å². The Kier molecular flexibility index (Phi) is 2.61. The van der Waals surface area contributed by atoms with Crippen molar-refractivity contribution in [2.45, 2.75) is 57.8 Å². The van der Waals surface area contributed by atoms with E-state index in [-0.39, 0.29) is 11.5 Å². The van der Waals surface area contributed by atoms with E-state index in [0.717, 1.165) is 18.3 Å². The molecular weight excluding hydrogens is 248 g/mol. The fourth-order valence-corrected chi connectivity index (χ4v) is 5.59. The van der Waals surface area contributed by atoms with Crippen LogP contribution in [0.4, 0.5) is 0 Å². The average Bonchev–Trinajstić information content (AvgIpc) is 2.82. The SMILES string of the molecule is C[C@@]12CCC[C@H]1[C@@H]1CCc3cc(O)c(O)cc3[C@H]1CC2. The first-order chi connectivity index (χ1) is 9.58. The van der Waals surface area contributed by atoms with Gasteiger partial charge in [0.2, 0.25) is 0 Å². The Bertz CT molecular complexity index is 551. The number of benzene rings is 1. The Balaban J connectivity index is 1.74. The number of aryl methyl sites for hydroxylation is 1. The minimum absolute atomic E-state index is 0.0451. The molecule has 0 amide bonds. The zero-order valence-corrected chi connectivity index (χ0v) is 12.2. The van der Waals surface area contributed by atoms with Gasteiger partial charge in [0.25, 0.3) is 0 Å². The van der Waals surface area contributed by atoms with Crippen molar-refractivity contribution in [3.8, 4) is 11.5 Å². The number of fused-ring (bicyclic) bond motifs is 5. The summed E-state index contributed by atoms with van der Waals surface area (Å²) in [6.07, 6.45) is 9.14. The lowest BCUT2D eigenvalue weighted by molar-refractivity contribution is 0.0597. The molecule has 2 nitrogen and oxygen atoms in total. The third-order valence-corrected chi connectivity index (χ3v) is 6.60. The molecule has 4 rings (SSSR count). The molecular formula is C18H24O2. The predicted octanol–water partition coefficient (Wildman–Crippen LogP) is 4.34. The van der Waals surface area contributed by atoms with Crippen molar-refractivity contribution in [3.63, 3.8) is 0 Å². The van der Waals surface area contributed by atoms with Crippen LogP contribution in [0.5, 0.6) is 11.5 Å². The predicted molar refractivity (Wildman–Crippen MR) is 79.0 cm³/mol. The van der Waals surface area contributed by atoms with E-state index in [2.05, 4.69) is 6.92 Å². The van der Waals surface area contributed by atoms with E-state index >= 15 is 0 Å². The normalized spacial score (nSPS) is 39.0. The smallest absolute Gasteiger partial charge is 0.157 e. The number of aromatic hydroxyl groups is 2. The summed E-state index contributed by atoms with van der Waals surface area (Å²) >= 11 is 0. The highest BCUT2D eigenvalue weighted by Crippen LogP contribution is 2.61. The van der Waals surface area contributed by atoms with Crippen molar-refractivity contribution in [1.29, 1.82) is 0 Å². The average molecular weight is 272 g/mol. The van der Waals surface area contributed by atoms with Gasteiger partial charge in [-0.25, -0.2) is 0 Å². The third kappa shape index (κ3) is 1.63. The van der Waals surface area contributed by atoms with Gasteiger partial charge in [-0.1, -0.05) is 13.3 Å². The number of phenols is 2. The van der Waals surface area contributed by atoms with E-state index in [0.29, 0.717) is 11.3 Å². The van der Waals surface area contributed by atoms with Crippen LogP contribution >= 0.6 is 0 Å². The fraction of sp³-hybridized carbons (Fsp3) is 0.667. The second-order valence-corrected chi connectivity index (χ2v) is 7.54. The summed E-state index contributed by atoms with van der Waals surface area (Å²) in [5.74, 6) is 2.40. The molecule has 0 saturated heterocycles. The molecule has 0 spiro atoms. The van der Waals surface area contributed by atoms with Crippen LogP contribution in [0.25, 0.3) is 0 Å². The zero-order chi connectivity index (χ0) is 13.9. The molecule has 0 aromatic heterocycles. The van der Waals surface area contributed by atoms with E-state index in [9.17, 15) is 10.2 Å². The van der Waals surface area contributed by atoms with E-state index in [1.807, 2.05) is 6.07 Å². The summed E-state index contributed by atoms with van der Waals surface area (Å²) in [5, 5.41) is 19.6. The molecule has 2 saturated carbocycles. The van der Waals surface area contributed by atoms with Gasteiger partial charge in [-0.2, -0.15) is 0 Å². The van der Waals surface area contributed by atoms with Gasteiger partial charge in [-0.15, -0.1) is 0 Å². The van der Waals surface area contributed by atoms with Crippen LogP contribution in [0.15, 0.2) is 12.1 Å². The maximum Gasteiger partial charge on any atom is 0.157 e. The molecule has 1 aromatic rings. The summed E-state index contributed by atoms with van der Waals surface area (Å²) in [5.41, 5.74) is 3.17. The number of hydrogen-bond acceptors (Lipinski definition) is 2. The molecule has 2 fully saturated rings. The van der Waals surface area contributed by atoms with Crippen molar-refractivity contribution in [2.75, 3.05) is 0 Å². The quantitative estimate of drug-likeness (QED) is 0.690. The van der Waals surface area contributed by atoms with Crippen LogP contribution in [-0.2, 0) is 6.42 Å². The Morgan fingerprint density at radius 3 is 2.70 bits per heavy atom. The maximum absolute atomic E-state index is 9.85. The summed E-state index contributed by atoms with van der Waals surface area (Å²) in [6, 6.07) is 3.64. The number of phenolic OH excluding ortho intramolecular Hbond substituents is 2. The molecule has 0 radical (unpaired) electrons. The molecule has 2 N–H and O–H groups in total. The molecule has 0 unspecified atom stereocenters. The second-order valence-electron chi connectivity index (χ2n) is 7.54. The Labute approximate surface area is 120 Å². The molecule has 0 aliphatic heterocycles. The molecule has 3 aliphatic carbocycles. The highest BCUT2D eigenvalue weighted by atomic mass is 16.3. The number of hydrogen-bond donors (Lipinski definition) is 2. The summed E-state index contributed by atoms with van der Waals surface area (Å²) in [6.45, 7) is 2.50. The van der Waals surface area contributed by atoms with Gasteiger partial charge in [0, 0.05) is 0 Å². The standard InChI is InChI=1S/C18H24O2/c1-18-7-2-3-15(18)13-5-4-11-9-16(19)17(20)10-14(11)12(13)6-8-18/h9-10,12-13,15,19-20H,2-8H2,1H3/t12-,13+,15-,18-/m0/s1. The molecule has 0 bridgehead atoms. The molecule has 2 heteroatoms. The summed E-state index contributed by atoms with van der Waals surface area (Å²) in [7, 11) is 0. The zero-order valence-electron chi connectivity index (χ0n) is 12.2. The maximum atomic E-state index is 9.85. The molecule has 4 atom stereocenters. The van der Waals surface area contributed by atoms with Gasteiger partial charge in [0.1, 0.15) is 0 Å². The van der Waals surface area contributed by atoms with Crippen molar-refractivity contribution in [2.24, 2.45) is 17.3 Å². The van der Waals surface area contributed by atoms with Gasteiger partial charge < -0.3 is 10.2 Å². The first kappa shape index (κ1) is 12.6. The Morgan fingerprint density at radius 2 is 1.85 bits per heavy atom.